The van der Waals surface area contributed by atoms with Gasteiger partial charge in [0.25, 0.3) is 0 Å². The van der Waals surface area contributed by atoms with Crippen molar-refractivity contribution in [3.05, 3.63) is 65.9 Å². The summed E-state index contributed by atoms with van der Waals surface area (Å²) in [5.41, 5.74) is 3.08. The highest BCUT2D eigenvalue weighted by Crippen LogP contribution is 2.37. The van der Waals surface area contributed by atoms with Crippen LogP contribution in [0.2, 0.25) is 0 Å². The lowest BCUT2D eigenvalue weighted by molar-refractivity contribution is -0.133. The maximum absolute atomic E-state index is 13.3. The molecule has 5 rings (SSSR count). The third kappa shape index (κ3) is 6.22. The SMILES string of the molecule is O=C(CC1=CN=CC1)N1CCN(c2ccc(OC(F)F)c(OCC3CC3)c2)C[C@@H]1Cc1ccccc1. The van der Waals surface area contributed by atoms with E-state index < -0.39 is 6.61 Å². The molecular formula is C28H31F2N3O3. The van der Waals surface area contributed by atoms with Crippen LogP contribution in [-0.4, -0.2) is 55.9 Å². The summed E-state index contributed by atoms with van der Waals surface area (Å²) in [6.07, 6.45) is 7.65. The number of ether oxygens (including phenoxy) is 2. The Labute approximate surface area is 210 Å². The molecular weight excluding hydrogens is 464 g/mol. The van der Waals surface area contributed by atoms with Crippen molar-refractivity contribution in [3.8, 4) is 11.5 Å². The molecule has 6 nitrogen and oxygen atoms in total. The number of hydrogen-bond donors (Lipinski definition) is 0. The summed E-state index contributed by atoms with van der Waals surface area (Å²) in [6, 6.07) is 15.3. The molecule has 1 aliphatic carbocycles. The summed E-state index contributed by atoms with van der Waals surface area (Å²) in [7, 11) is 0. The van der Waals surface area contributed by atoms with Gasteiger partial charge in [-0.2, -0.15) is 8.78 Å². The molecule has 190 valence electrons. The van der Waals surface area contributed by atoms with Gasteiger partial charge >= 0.3 is 6.61 Å². The van der Waals surface area contributed by atoms with E-state index in [0.717, 1.165) is 36.9 Å². The molecule has 0 radical (unpaired) electrons. The molecule has 2 heterocycles. The van der Waals surface area contributed by atoms with Crippen LogP contribution in [0.3, 0.4) is 0 Å². The van der Waals surface area contributed by atoms with Crippen molar-refractivity contribution in [1.29, 1.82) is 0 Å². The zero-order chi connectivity index (χ0) is 24.9. The van der Waals surface area contributed by atoms with E-state index in [1.165, 1.54) is 5.56 Å². The van der Waals surface area contributed by atoms with Gasteiger partial charge in [-0.3, -0.25) is 9.79 Å². The number of benzene rings is 2. The van der Waals surface area contributed by atoms with Crippen molar-refractivity contribution in [3.63, 3.8) is 0 Å². The fourth-order valence-corrected chi connectivity index (χ4v) is 4.77. The van der Waals surface area contributed by atoms with Gasteiger partial charge in [0, 0.05) is 56.6 Å². The monoisotopic (exact) mass is 495 g/mol. The molecule has 0 spiro atoms. The number of alkyl halides is 2. The lowest BCUT2D eigenvalue weighted by Crippen LogP contribution is -2.56. The van der Waals surface area contributed by atoms with Crippen molar-refractivity contribution in [2.24, 2.45) is 10.9 Å². The first kappa shape index (κ1) is 24.3. The minimum atomic E-state index is -2.91. The molecule has 3 aliphatic rings. The normalized spacial score (nSPS) is 19.5. The largest absolute Gasteiger partial charge is 0.489 e. The zero-order valence-corrected chi connectivity index (χ0v) is 20.2. The molecule has 8 heteroatoms. The summed E-state index contributed by atoms with van der Waals surface area (Å²) in [6.45, 7) is -0.555. The van der Waals surface area contributed by atoms with Crippen molar-refractivity contribution in [1.82, 2.24) is 4.90 Å². The number of carbonyl (C=O) groups excluding carboxylic acids is 1. The van der Waals surface area contributed by atoms with Crippen LogP contribution in [0.5, 0.6) is 11.5 Å². The van der Waals surface area contributed by atoms with E-state index in [1.54, 1.807) is 24.4 Å². The van der Waals surface area contributed by atoms with Crippen LogP contribution < -0.4 is 14.4 Å². The highest BCUT2D eigenvalue weighted by Gasteiger charge is 2.32. The molecule has 2 aliphatic heterocycles. The second-order valence-electron chi connectivity index (χ2n) is 9.64. The van der Waals surface area contributed by atoms with E-state index in [4.69, 9.17) is 9.47 Å². The summed E-state index contributed by atoms with van der Waals surface area (Å²) >= 11 is 0. The van der Waals surface area contributed by atoms with Crippen molar-refractivity contribution in [2.45, 2.75) is 44.8 Å². The first-order valence-corrected chi connectivity index (χ1v) is 12.5. The number of amides is 1. The predicted molar refractivity (Wildman–Crippen MR) is 135 cm³/mol. The second kappa shape index (κ2) is 11.1. The number of anilines is 1. The number of hydrogen-bond acceptors (Lipinski definition) is 5. The number of carbonyl (C=O) groups is 1. The average molecular weight is 496 g/mol. The summed E-state index contributed by atoms with van der Waals surface area (Å²) < 4.78 is 36.5. The van der Waals surface area contributed by atoms with Crippen molar-refractivity contribution in [2.75, 3.05) is 31.1 Å². The Morgan fingerprint density at radius 2 is 1.92 bits per heavy atom. The molecule has 0 bridgehead atoms. The molecule has 2 aromatic carbocycles. The lowest BCUT2D eigenvalue weighted by atomic mass is 10.00. The molecule has 0 N–H and O–H groups in total. The van der Waals surface area contributed by atoms with E-state index >= 15 is 0 Å². The molecule has 1 atom stereocenters. The van der Waals surface area contributed by atoms with Crippen LogP contribution >= 0.6 is 0 Å². The van der Waals surface area contributed by atoms with Gasteiger partial charge in [0.15, 0.2) is 11.5 Å². The average Bonchev–Trinajstić information content (AvgIpc) is 3.57. The first-order chi connectivity index (χ1) is 17.5. The van der Waals surface area contributed by atoms with Crippen LogP contribution in [0.4, 0.5) is 14.5 Å². The van der Waals surface area contributed by atoms with E-state index in [2.05, 4.69) is 22.0 Å². The number of aliphatic imine (C=N–C) groups is 1. The van der Waals surface area contributed by atoms with E-state index in [1.807, 2.05) is 29.3 Å². The van der Waals surface area contributed by atoms with Crippen LogP contribution in [0.15, 0.2) is 65.3 Å². The molecule has 2 fully saturated rings. The van der Waals surface area contributed by atoms with Crippen LogP contribution in [0, 0.1) is 5.92 Å². The van der Waals surface area contributed by atoms with Gasteiger partial charge < -0.3 is 19.3 Å². The minimum absolute atomic E-state index is 0.0237. The van der Waals surface area contributed by atoms with Crippen molar-refractivity contribution < 1.29 is 23.0 Å². The molecule has 1 saturated carbocycles. The molecule has 0 unspecified atom stereocenters. The topological polar surface area (TPSA) is 54.4 Å². The minimum Gasteiger partial charge on any atom is -0.489 e. The Balaban J connectivity index is 1.34. The summed E-state index contributed by atoms with van der Waals surface area (Å²) in [5.74, 6) is 0.988. The van der Waals surface area contributed by atoms with Gasteiger partial charge in [0.05, 0.1) is 12.6 Å². The number of nitrogens with zero attached hydrogens (tertiary/aromatic N) is 3. The van der Waals surface area contributed by atoms with Gasteiger partial charge in [-0.25, -0.2) is 0 Å². The molecule has 1 saturated heterocycles. The van der Waals surface area contributed by atoms with Crippen LogP contribution in [-0.2, 0) is 11.2 Å². The Hall–Kier alpha value is -3.42. The third-order valence-electron chi connectivity index (χ3n) is 6.89. The Bertz CT molecular complexity index is 1120. The highest BCUT2D eigenvalue weighted by molar-refractivity contribution is 5.81. The van der Waals surface area contributed by atoms with Gasteiger partial charge in [-0.1, -0.05) is 30.3 Å². The maximum Gasteiger partial charge on any atom is 0.387 e. The quantitative estimate of drug-likeness (QED) is 0.461. The molecule has 2 aromatic rings. The first-order valence-electron chi connectivity index (χ1n) is 12.5. The van der Waals surface area contributed by atoms with Gasteiger partial charge in [0.1, 0.15) is 0 Å². The van der Waals surface area contributed by atoms with E-state index in [9.17, 15) is 13.6 Å². The standard InChI is InChI=1S/C28H31F2N3O3/c29-28(30)36-25-9-8-23(16-26(25)35-19-21-6-7-21)32-12-13-33(27(34)15-22-10-11-31-17-22)24(18-32)14-20-4-2-1-3-5-20/h1-5,8-9,11,16-17,21,24,28H,6-7,10,12-15,18-19H2/t24-/m0/s1. The van der Waals surface area contributed by atoms with Gasteiger partial charge in [0.2, 0.25) is 5.91 Å². The molecule has 36 heavy (non-hydrogen) atoms. The summed E-state index contributed by atoms with van der Waals surface area (Å²) in [4.78, 5) is 21.6. The fraction of sp³-hybridized carbons (Fsp3) is 0.429. The van der Waals surface area contributed by atoms with Gasteiger partial charge in [-0.15, -0.1) is 0 Å². The van der Waals surface area contributed by atoms with E-state index in [0.29, 0.717) is 44.3 Å². The number of piperazine rings is 1. The van der Waals surface area contributed by atoms with Crippen molar-refractivity contribution >= 4 is 17.8 Å². The number of halogens is 2. The third-order valence-corrected chi connectivity index (χ3v) is 6.89. The highest BCUT2D eigenvalue weighted by atomic mass is 19.3. The second-order valence-corrected chi connectivity index (χ2v) is 9.64. The zero-order valence-electron chi connectivity index (χ0n) is 20.2. The molecule has 1 amide bonds. The van der Waals surface area contributed by atoms with Crippen LogP contribution in [0.1, 0.15) is 31.2 Å². The smallest absolute Gasteiger partial charge is 0.387 e. The predicted octanol–water partition coefficient (Wildman–Crippen LogP) is 5.09. The van der Waals surface area contributed by atoms with Crippen LogP contribution in [0.25, 0.3) is 0 Å². The Kier molecular flexibility index (Phi) is 7.49. The Morgan fingerprint density at radius 3 is 2.64 bits per heavy atom. The summed E-state index contributed by atoms with van der Waals surface area (Å²) in [5, 5.41) is 0. The molecule has 0 aromatic heterocycles. The van der Waals surface area contributed by atoms with E-state index in [-0.39, 0.29) is 17.7 Å². The maximum atomic E-state index is 13.3. The van der Waals surface area contributed by atoms with Gasteiger partial charge in [-0.05, 0) is 48.4 Å². The number of rotatable bonds is 10. The lowest BCUT2D eigenvalue weighted by Gasteiger charge is -2.43. The fourth-order valence-electron chi connectivity index (χ4n) is 4.77. The Morgan fingerprint density at radius 1 is 1.08 bits per heavy atom.